The molecule has 1 aliphatic rings. The van der Waals surface area contributed by atoms with Crippen LogP contribution in [-0.2, 0) is 14.3 Å². The summed E-state index contributed by atoms with van der Waals surface area (Å²) in [5.74, 6) is -0.933. The minimum atomic E-state index is -1.37. The van der Waals surface area contributed by atoms with Crippen molar-refractivity contribution >= 4 is 5.97 Å². The van der Waals surface area contributed by atoms with Gasteiger partial charge in [-0.3, -0.25) is 4.79 Å². The second-order valence-corrected chi connectivity index (χ2v) is 4.10. The van der Waals surface area contributed by atoms with Crippen LogP contribution in [0.3, 0.4) is 0 Å². The molecule has 8 heteroatoms. The van der Waals surface area contributed by atoms with Crippen molar-refractivity contribution in [2.75, 3.05) is 20.2 Å². The zero-order valence-electron chi connectivity index (χ0n) is 10.0. The van der Waals surface area contributed by atoms with Crippen molar-refractivity contribution in [1.29, 1.82) is 0 Å². The molecular formula is C10H19NO7. The van der Waals surface area contributed by atoms with Crippen molar-refractivity contribution in [2.24, 2.45) is 0 Å². The van der Waals surface area contributed by atoms with Gasteiger partial charge in [0.1, 0.15) is 24.4 Å². The van der Waals surface area contributed by atoms with Crippen LogP contribution in [-0.4, -0.2) is 77.3 Å². The predicted molar refractivity (Wildman–Crippen MR) is 58.8 cm³/mol. The Morgan fingerprint density at radius 2 is 1.94 bits per heavy atom. The van der Waals surface area contributed by atoms with E-state index in [1.807, 2.05) is 0 Å². The highest BCUT2D eigenvalue weighted by Crippen LogP contribution is 2.21. The number of hydrogen-bond donors (Lipinski definition) is 5. The topological polar surface area (TPSA) is 128 Å². The molecule has 1 saturated heterocycles. The molecule has 5 N–H and O–H groups in total. The summed E-state index contributed by atoms with van der Waals surface area (Å²) in [4.78, 5) is 10.3. The van der Waals surface area contributed by atoms with Crippen molar-refractivity contribution in [3.05, 3.63) is 0 Å². The highest BCUT2D eigenvalue weighted by molar-refractivity contribution is 5.66. The largest absolute Gasteiger partial charge is 0.481 e. The van der Waals surface area contributed by atoms with E-state index in [0.717, 1.165) is 0 Å². The van der Waals surface area contributed by atoms with Crippen LogP contribution >= 0.6 is 0 Å². The lowest BCUT2D eigenvalue weighted by molar-refractivity contribution is -0.288. The average molecular weight is 265 g/mol. The van der Waals surface area contributed by atoms with Gasteiger partial charge in [-0.15, -0.1) is 0 Å². The molecule has 0 aromatic rings. The van der Waals surface area contributed by atoms with E-state index < -0.39 is 36.7 Å². The summed E-state index contributed by atoms with van der Waals surface area (Å²) in [5, 5.41) is 40.0. The zero-order chi connectivity index (χ0) is 13.7. The molecule has 0 unspecified atom stereocenters. The Bertz CT molecular complexity index is 273. The Kier molecular flexibility index (Phi) is 5.93. The monoisotopic (exact) mass is 265 g/mol. The van der Waals surface area contributed by atoms with E-state index >= 15 is 0 Å². The van der Waals surface area contributed by atoms with Gasteiger partial charge >= 0.3 is 5.97 Å². The number of methoxy groups -OCH3 is 1. The quantitative estimate of drug-likeness (QED) is 0.333. The molecule has 0 amide bonds. The Morgan fingerprint density at radius 3 is 2.50 bits per heavy atom. The lowest BCUT2D eigenvalue weighted by atomic mass is 9.99. The summed E-state index contributed by atoms with van der Waals surface area (Å²) >= 11 is 0. The molecule has 0 aromatic heterocycles. The normalized spacial score (nSPS) is 36.6. The Balaban J connectivity index is 2.41. The molecule has 1 rings (SSSR count). The van der Waals surface area contributed by atoms with Crippen LogP contribution in [0.4, 0.5) is 0 Å². The summed E-state index contributed by atoms with van der Waals surface area (Å²) < 4.78 is 10.1. The number of carbonyl (C=O) groups is 1. The first-order valence-electron chi connectivity index (χ1n) is 5.62. The fraction of sp³-hybridized carbons (Fsp3) is 0.900. The van der Waals surface area contributed by atoms with E-state index in [4.69, 9.17) is 14.6 Å². The molecule has 18 heavy (non-hydrogen) atoms. The van der Waals surface area contributed by atoms with Crippen molar-refractivity contribution < 1.29 is 34.7 Å². The summed E-state index contributed by atoms with van der Waals surface area (Å²) in [7, 11) is 1.31. The van der Waals surface area contributed by atoms with Crippen molar-refractivity contribution in [3.8, 4) is 0 Å². The number of carboxylic acid groups (broad SMARTS) is 1. The first-order chi connectivity index (χ1) is 8.47. The third kappa shape index (κ3) is 3.87. The molecule has 0 radical (unpaired) electrons. The van der Waals surface area contributed by atoms with Gasteiger partial charge in [-0.25, -0.2) is 0 Å². The summed E-state index contributed by atoms with van der Waals surface area (Å²) in [6.45, 7) is 0.371. The summed E-state index contributed by atoms with van der Waals surface area (Å²) in [5.41, 5.74) is 0. The number of aliphatic hydroxyl groups is 3. The van der Waals surface area contributed by atoms with Gasteiger partial charge in [-0.1, -0.05) is 0 Å². The van der Waals surface area contributed by atoms with Gasteiger partial charge in [0, 0.05) is 20.2 Å². The summed E-state index contributed by atoms with van der Waals surface area (Å²) in [6.07, 6.45) is -5.79. The van der Waals surface area contributed by atoms with E-state index in [1.165, 1.54) is 7.11 Å². The van der Waals surface area contributed by atoms with Gasteiger partial charge in [0.05, 0.1) is 6.42 Å². The van der Waals surface area contributed by atoms with Gasteiger partial charge in [-0.2, -0.15) is 0 Å². The Morgan fingerprint density at radius 1 is 1.28 bits per heavy atom. The van der Waals surface area contributed by atoms with Gasteiger partial charge in [0.25, 0.3) is 0 Å². The predicted octanol–water partition coefficient (Wildman–Crippen LogP) is -2.50. The van der Waals surface area contributed by atoms with Crippen LogP contribution in [0.1, 0.15) is 6.42 Å². The van der Waals surface area contributed by atoms with Crippen molar-refractivity contribution in [3.63, 3.8) is 0 Å². The standard InChI is InChI=1S/C10H19NO7/c1-17-10-9(16)8(15)7(14)5(18-10)4-11-3-2-6(12)13/h5,7-11,14-16H,2-4H2,1H3,(H,12,13)/t5-,7-,8+,9+,10+/m1/s1. The maximum absolute atomic E-state index is 10.3. The average Bonchev–Trinajstić information content (AvgIpc) is 2.34. The fourth-order valence-corrected chi connectivity index (χ4v) is 1.72. The van der Waals surface area contributed by atoms with Crippen LogP contribution < -0.4 is 5.32 Å². The number of hydrogen-bond acceptors (Lipinski definition) is 7. The molecule has 106 valence electrons. The third-order valence-electron chi connectivity index (χ3n) is 2.76. The number of ether oxygens (including phenoxy) is 2. The molecule has 0 aromatic carbocycles. The molecule has 0 saturated carbocycles. The molecule has 0 spiro atoms. The first kappa shape index (κ1) is 15.3. The Hall–Kier alpha value is -0.770. The second kappa shape index (κ2) is 6.98. The number of nitrogens with one attached hydrogen (secondary N) is 1. The molecule has 8 nitrogen and oxygen atoms in total. The number of carboxylic acids is 1. The molecule has 1 heterocycles. The van der Waals surface area contributed by atoms with E-state index in [-0.39, 0.29) is 19.5 Å². The molecular weight excluding hydrogens is 246 g/mol. The highest BCUT2D eigenvalue weighted by Gasteiger charge is 2.43. The molecule has 0 aliphatic carbocycles. The van der Waals surface area contributed by atoms with E-state index in [0.29, 0.717) is 0 Å². The smallest absolute Gasteiger partial charge is 0.304 e. The molecule has 1 aliphatic heterocycles. The van der Waals surface area contributed by atoms with Gasteiger partial charge in [0.15, 0.2) is 6.29 Å². The molecule has 0 bridgehead atoms. The lowest BCUT2D eigenvalue weighted by Gasteiger charge is -2.39. The lowest BCUT2D eigenvalue weighted by Crippen LogP contribution is -2.60. The van der Waals surface area contributed by atoms with Crippen molar-refractivity contribution in [2.45, 2.75) is 37.1 Å². The number of aliphatic carboxylic acids is 1. The molecule has 5 atom stereocenters. The minimum Gasteiger partial charge on any atom is -0.481 e. The Labute approximate surface area is 104 Å². The van der Waals surface area contributed by atoms with E-state index in [1.54, 1.807) is 0 Å². The van der Waals surface area contributed by atoms with Crippen molar-refractivity contribution in [1.82, 2.24) is 5.32 Å². The second-order valence-electron chi connectivity index (χ2n) is 4.10. The fourth-order valence-electron chi connectivity index (χ4n) is 1.72. The van der Waals surface area contributed by atoms with Crippen LogP contribution in [0.5, 0.6) is 0 Å². The number of aliphatic hydroxyl groups excluding tert-OH is 3. The zero-order valence-corrected chi connectivity index (χ0v) is 10.0. The van der Waals surface area contributed by atoms with Gasteiger partial charge in [-0.05, 0) is 0 Å². The van der Waals surface area contributed by atoms with E-state index in [2.05, 4.69) is 5.32 Å². The van der Waals surface area contributed by atoms with Crippen LogP contribution in [0, 0.1) is 0 Å². The van der Waals surface area contributed by atoms with Gasteiger partial charge in [0.2, 0.25) is 0 Å². The molecule has 1 fully saturated rings. The maximum atomic E-state index is 10.3. The number of rotatable bonds is 6. The SMILES string of the molecule is CO[C@H]1O[C@H](CNCCC(=O)O)[C@@H](O)[C@H](O)[C@@H]1O. The van der Waals surface area contributed by atoms with Crippen LogP contribution in [0.2, 0.25) is 0 Å². The van der Waals surface area contributed by atoms with E-state index in [9.17, 15) is 20.1 Å². The minimum absolute atomic E-state index is 0.0539. The van der Waals surface area contributed by atoms with Crippen LogP contribution in [0.25, 0.3) is 0 Å². The van der Waals surface area contributed by atoms with Gasteiger partial charge < -0.3 is 35.2 Å². The van der Waals surface area contributed by atoms with Crippen LogP contribution in [0.15, 0.2) is 0 Å². The summed E-state index contributed by atoms with van der Waals surface area (Å²) in [6, 6.07) is 0. The first-order valence-corrected chi connectivity index (χ1v) is 5.62. The maximum Gasteiger partial charge on any atom is 0.304 e. The highest BCUT2D eigenvalue weighted by atomic mass is 16.7. The third-order valence-corrected chi connectivity index (χ3v) is 2.76.